The number of rotatable bonds is 2. The molecule has 0 radical (unpaired) electrons. The Labute approximate surface area is 143 Å². The van der Waals surface area contributed by atoms with E-state index in [4.69, 9.17) is 11.6 Å². The predicted octanol–water partition coefficient (Wildman–Crippen LogP) is 4.59. The number of hydrogen-bond acceptors (Lipinski definition) is 3. The number of aromatic nitrogens is 2. The van der Waals surface area contributed by atoms with Crippen LogP contribution in [0.2, 0.25) is 5.02 Å². The lowest BCUT2D eigenvalue weighted by atomic mass is 10.2. The molecule has 7 heteroatoms. The second-order valence-electron chi connectivity index (χ2n) is 5.32. The smallest absolute Gasteiger partial charge is 0.271 e. The molecule has 0 aliphatic rings. The van der Waals surface area contributed by atoms with Crippen LogP contribution in [0, 0.1) is 11.6 Å². The van der Waals surface area contributed by atoms with Crippen molar-refractivity contribution in [1.82, 2.24) is 9.55 Å². The van der Waals surface area contributed by atoms with Crippen molar-refractivity contribution in [2.45, 2.75) is 6.54 Å². The molecule has 3 nitrogen and oxygen atoms in total. The van der Waals surface area contributed by atoms with Crippen molar-refractivity contribution in [3.05, 3.63) is 75.3 Å². The second-order valence-corrected chi connectivity index (χ2v) is 6.78. The van der Waals surface area contributed by atoms with Crippen LogP contribution in [0.3, 0.4) is 0 Å². The molecule has 2 aromatic carbocycles. The van der Waals surface area contributed by atoms with E-state index in [9.17, 15) is 13.6 Å². The third-order valence-electron chi connectivity index (χ3n) is 3.76. The number of benzene rings is 2. The van der Waals surface area contributed by atoms with Gasteiger partial charge in [0.15, 0.2) is 11.6 Å². The van der Waals surface area contributed by atoms with Crippen molar-refractivity contribution >= 4 is 43.2 Å². The van der Waals surface area contributed by atoms with E-state index in [0.29, 0.717) is 20.8 Å². The van der Waals surface area contributed by atoms with Crippen molar-refractivity contribution in [3.8, 4) is 0 Å². The van der Waals surface area contributed by atoms with Crippen molar-refractivity contribution in [3.63, 3.8) is 0 Å². The van der Waals surface area contributed by atoms with Crippen LogP contribution >= 0.6 is 22.9 Å². The van der Waals surface area contributed by atoms with Crippen molar-refractivity contribution < 1.29 is 8.78 Å². The van der Waals surface area contributed by atoms with Crippen LogP contribution in [0.15, 0.2) is 47.5 Å². The summed E-state index contributed by atoms with van der Waals surface area (Å²) in [4.78, 5) is 17.0. The zero-order chi connectivity index (χ0) is 16.8. The lowest BCUT2D eigenvalue weighted by Crippen LogP contribution is -2.20. The molecule has 24 heavy (non-hydrogen) atoms. The number of fused-ring (bicyclic) bond motifs is 3. The second kappa shape index (κ2) is 5.65. The van der Waals surface area contributed by atoms with Crippen LogP contribution in [0.4, 0.5) is 8.78 Å². The summed E-state index contributed by atoms with van der Waals surface area (Å²) in [6.07, 6.45) is 1.40. The molecule has 0 atom stereocenters. The molecule has 0 amide bonds. The third-order valence-corrected chi connectivity index (χ3v) is 5.20. The summed E-state index contributed by atoms with van der Waals surface area (Å²) in [6.45, 7) is 0.112. The minimum atomic E-state index is -0.941. The molecule has 0 aliphatic carbocycles. The first-order chi connectivity index (χ1) is 11.5. The van der Waals surface area contributed by atoms with Crippen LogP contribution in [-0.4, -0.2) is 9.55 Å². The zero-order valence-electron chi connectivity index (χ0n) is 12.1. The fourth-order valence-electron chi connectivity index (χ4n) is 2.62. The van der Waals surface area contributed by atoms with E-state index in [1.54, 1.807) is 6.07 Å². The normalized spacial score (nSPS) is 11.5. The molecular weight excluding hydrogens is 354 g/mol. The summed E-state index contributed by atoms with van der Waals surface area (Å²) in [5.74, 6) is -1.86. The van der Waals surface area contributed by atoms with E-state index in [1.807, 2.05) is 12.1 Å². The van der Waals surface area contributed by atoms with Crippen LogP contribution < -0.4 is 5.56 Å². The minimum absolute atomic E-state index is 0.112. The summed E-state index contributed by atoms with van der Waals surface area (Å²) in [5, 5.41) is 1.31. The molecule has 0 aliphatic heterocycles. The topological polar surface area (TPSA) is 34.9 Å². The Hall–Kier alpha value is -2.31. The van der Waals surface area contributed by atoms with Gasteiger partial charge in [0, 0.05) is 10.1 Å². The average molecular weight is 363 g/mol. The predicted molar refractivity (Wildman–Crippen MR) is 91.9 cm³/mol. The summed E-state index contributed by atoms with van der Waals surface area (Å²) in [7, 11) is 0. The molecule has 0 N–H and O–H groups in total. The van der Waals surface area contributed by atoms with E-state index in [2.05, 4.69) is 4.98 Å². The van der Waals surface area contributed by atoms with Gasteiger partial charge in [-0.3, -0.25) is 9.36 Å². The molecule has 0 spiro atoms. The van der Waals surface area contributed by atoms with Crippen molar-refractivity contribution in [2.75, 3.05) is 0 Å². The van der Waals surface area contributed by atoms with Gasteiger partial charge in [-0.15, -0.1) is 11.3 Å². The molecule has 4 aromatic rings. The highest BCUT2D eigenvalue weighted by Gasteiger charge is 2.14. The van der Waals surface area contributed by atoms with Crippen LogP contribution in [0.1, 0.15) is 5.56 Å². The highest BCUT2D eigenvalue weighted by molar-refractivity contribution is 7.25. The summed E-state index contributed by atoms with van der Waals surface area (Å²) in [5.41, 5.74) is 0.811. The first-order valence-electron chi connectivity index (χ1n) is 7.04. The molecule has 0 unspecified atom stereocenters. The third kappa shape index (κ3) is 2.39. The highest BCUT2D eigenvalue weighted by atomic mass is 35.5. The first kappa shape index (κ1) is 15.2. The first-order valence-corrected chi connectivity index (χ1v) is 8.24. The van der Waals surface area contributed by atoms with Gasteiger partial charge < -0.3 is 0 Å². The van der Waals surface area contributed by atoms with Gasteiger partial charge in [-0.05, 0) is 29.8 Å². The Morgan fingerprint density at radius 3 is 2.79 bits per heavy atom. The Balaban J connectivity index is 1.87. The summed E-state index contributed by atoms with van der Waals surface area (Å²) >= 11 is 7.53. The van der Waals surface area contributed by atoms with E-state index in [0.717, 1.165) is 22.2 Å². The zero-order valence-corrected chi connectivity index (χ0v) is 13.7. The van der Waals surface area contributed by atoms with Crippen molar-refractivity contribution in [2.24, 2.45) is 0 Å². The molecule has 0 saturated carbocycles. The lowest BCUT2D eigenvalue weighted by Gasteiger charge is -2.06. The lowest BCUT2D eigenvalue weighted by molar-refractivity contribution is 0.506. The quantitative estimate of drug-likeness (QED) is 0.522. The van der Waals surface area contributed by atoms with Gasteiger partial charge in [0.1, 0.15) is 4.70 Å². The van der Waals surface area contributed by atoms with Gasteiger partial charge in [0.2, 0.25) is 0 Å². The van der Waals surface area contributed by atoms with Crippen LogP contribution in [0.25, 0.3) is 20.3 Å². The number of thiophene rings is 1. The fraction of sp³-hybridized carbons (Fsp3) is 0.0588. The molecule has 2 heterocycles. The van der Waals surface area contributed by atoms with E-state index in [-0.39, 0.29) is 12.1 Å². The number of halogens is 3. The number of nitrogens with zero attached hydrogens (tertiary/aromatic N) is 2. The Morgan fingerprint density at radius 2 is 2.00 bits per heavy atom. The maximum atomic E-state index is 13.3. The van der Waals surface area contributed by atoms with E-state index in [1.165, 1.54) is 28.3 Å². The van der Waals surface area contributed by atoms with E-state index >= 15 is 0 Å². The summed E-state index contributed by atoms with van der Waals surface area (Å²) in [6, 6.07) is 9.02. The molecule has 4 rings (SSSR count). The Bertz CT molecular complexity index is 1150. The molecule has 0 bridgehead atoms. The van der Waals surface area contributed by atoms with Gasteiger partial charge >= 0.3 is 0 Å². The fourth-order valence-corrected chi connectivity index (χ4v) is 4.07. The molecule has 0 saturated heterocycles. The van der Waals surface area contributed by atoms with Crippen molar-refractivity contribution in [1.29, 1.82) is 0 Å². The monoisotopic (exact) mass is 362 g/mol. The number of hydrogen-bond donors (Lipinski definition) is 0. The SMILES string of the molecule is O=c1c2sc3cccc(Cl)c3c2ncn1Cc1ccc(F)c(F)c1. The summed E-state index contributed by atoms with van der Waals surface area (Å²) < 4.78 is 29.1. The van der Waals surface area contributed by atoms with E-state index < -0.39 is 11.6 Å². The minimum Gasteiger partial charge on any atom is -0.294 e. The largest absolute Gasteiger partial charge is 0.294 e. The average Bonchev–Trinajstić information content (AvgIpc) is 2.94. The van der Waals surface area contributed by atoms with Gasteiger partial charge in [-0.1, -0.05) is 23.7 Å². The molecule has 120 valence electrons. The van der Waals surface area contributed by atoms with Gasteiger partial charge in [-0.2, -0.15) is 0 Å². The van der Waals surface area contributed by atoms with Crippen LogP contribution in [-0.2, 0) is 6.54 Å². The van der Waals surface area contributed by atoms with Crippen LogP contribution in [0.5, 0.6) is 0 Å². The van der Waals surface area contributed by atoms with Gasteiger partial charge in [0.25, 0.3) is 5.56 Å². The molecular formula is C17H9ClF2N2OS. The Kier molecular flexibility index (Phi) is 3.58. The molecule has 0 fully saturated rings. The van der Waals surface area contributed by atoms with Gasteiger partial charge in [0.05, 0.1) is 23.4 Å². The standard InChI is InChI=1S/C17H9ClF2N2OS/c18-10-2-1-3-13-14(10)15-16(24-13)17(23)22(8-21-15)7-9-4-5-11(19)12(20)6-9/h1-6,8H,7H2. The maximum absolute atomic E-state index is 13.3. The van der Waals surface area contributed by atoms with Gasteiger partial charge in [-0.25, -0.2) is 13.8 Å². The molecule has 2 aromatic heterocycles. The highest BCUT2D eigenvalue weighted by Crippen LogP contribution is 2.34. The Morgan fingerprint density at radius 1 is 1.17 bits per heavy atom. The maximum Gasteiger partial charge on any atom is 0.271 e.